The Morgan fingerprint density at radius 3 is 2.82 bits per heavy atom. The van der Waals surface area contributed by atoms with Gasteiger partial charge in [-0.1, -0.05) is 6.07 Å². The number of fused-ring (bicyclic) bond motifs is 1. The van der Waals surface area contributed by atoms with Crippen LogP contribution in [0.4, 0.5) is 0 Å². The van der Waals surface area contributed by atoms with Crippen LogP contribution in [0.3, 0.4) is 0 Å². The number of aromatic nitrogens is 3. The lowest BCUT2D eigenvalue weighted by Crippen LogP contribution is -2.31. The van der Waals surface area contributed by atoms with E-state index in [2.05, 4.69) is 9.97 Å². The number of carbonyl (C=O) groups excluding carboxylic acids is 2. The molecule has 0 unspecified atom stereocenters. The summed E-state index contributed by atoms with van der Waals surface area (Å²) < 4.78 is 7.67. The van der Waals surface area contributed by atoms with Crippen LogP contribution in [-0.4, -0.2) is 48.9 Å². The van der Waals surface area contributed by atoms with Crippen molar-refractivity contribution < 1.29 is 19.4 Å². The average molecular weight is 444 g/mol. The van der Waals surface area contributed by atoms with Crippen molar-refractivity contribution in [3.05, 3.63) is 83.7 Å². The van der Waals surface area contributed by atoms with Crippen molar-refractivity contribution in [1.29, 1.82) is 0 Å². The molecule has 4 heterocycles. The highest BCUT2D eigenvalue weighted by Gasteiger charge is 2.46. The molecule has 0 saturated carbocycles. The van der Waals surface area contributed by atoms with Gasteiger partial charge in [0.05, 0.1) is 17.9 Å². The Balaban J connectivity index is 1.51. The van der Waals surface area contributed by atoms with Gasteiger partial charge in [0, 0.05) is 49.9 Å². The van der Waals surface area contributed by atoms with Gasteiger partial charge < -0.3 is 19.3 Å². The van der Waals surface area contributed by atoms with E-state index in [0.29, 0.717) is 30.6 Å². The molecule has 2 atom stereocenters. The molecule has 2 aliphatic rings. The smallest absolute Gasteiger partial charge is 0.295 e. The molecule has 1 aromatic carbocycles. The number of likely N-dealkylation sites (tertiary alicyclic amines) is 1. The van der Waals surface area contributed by atoms with Crippen LogP contribution in [0.15, 0.2) is 67.0 Å². The molecule has 2 aromatic heterocycles. The summed E-state index contributed by atoms with van der Waals surface area (Å²) in [7, 11) is 0. The second kappa shape index (κ2) is 8.54. The summed E-state index contributed by atoms with van der Waals surface area (Å²) in [5.41, 5.74) is 2.23. The van der Waals surface area contributed by atoms with Crippen LogP contribution in [0.25, 0.3) is 5.76 Å². The van der Waals surface area contributed by atoms with Crippen LogP contribution in [0.2, 0.25) is 0 Å². The van der Waals surface area contributed by atoms with E-state index in [9.17, 15) is 14.7 Å². The first-order chi connectivity index (χ1) is 16.0. The van der Waals surface area contributed by atoms with Crippen molar-refractivity contribution in [3.63, 3.8) is 0 Å². The van der Waals surface area contributed by atoms with Crippen molar-refractivity contribution in [2.24, 2.45) is 0 Å². The quantitative estimate of drug-likeness (QED) is 0.356. The van der Waals surface area contributed by atoms with Gasteiger partial charge in [0.1, 0.15) is 17.6 Å². The molecular formula is C25H24N4O4. The van der Waals surface area contributed by atoms with Gasteiger partial charge in [-0.05, 0) is 48.7 Å². The lowest BCUT2D eigenvalue weighted by Gasteiger charge is -2.25. The van der Waals surface area contributed by atoms with Gasteiger partial charge in [0.2, 0.25) is 0 Å². The predicted octanol–water partition coefficient (Wildman–Crippen LogP) is 3.11. The second-order valence-electron chi connectivity index (χ2n) is 8.39. The molecular weight excluding hydrogens is 420 g/mol. The Morgan fingerprint density at radius 1 is 1.18 bits per heavy atom. The molecule has 1 fully saturated rings. The molecule has 5 rings (SSSR count). The molecule has 1 amide bonds. The van der Waals surface area contributed by atoms with E-state index in [4.69, 9.17) is 4.74 Å². The molecule has 168 valence electrons. The SMILES string of the molecule is C[C@@H]1Cc2cc(/C(O)=C3\C(=O)C(=O)N(CCCn4ccnc4)[C@@H]3c3cccnc3)ccc2O1. The van der Waals surface area contributed by atoms with Crippen molar-refractivity contribution in [1.82, 2.24) is 19.4 Å². The molecule has 3 aromatic rings. The maximum Gasteiger partial charge on any atom is 0.295 e. The minimum Gasteiger partial charge on any atom is -0.507 e. The molecule has 0 radical (unpaired) electrons. The first-order valence-electron chi connectivity index (χ1n) is 11.0. The Hall–Kier alpha value is -3.94. The summed E-state index contributed by atoms with van der Waals surface area (Å²) in [6, 6.07) is 8.23. The average Bonchev–Trinajstić information content (AvgIpc) is 3.53. The monoisotopic (exact) mass is 444 g/mol. The fourth-order valence-corrected chi connectivity index (χ4v) is 4.56. The summed E-state index contributed by atoms with van der Waals surface area (Å²) in [5.74, 6) is -0.701. The summed E-state index contributed by atoms with van der Waals surface area (Å²) in [4.78, 5) is 35.9. The zero-order valence-corrected chi connectivity index (χ0v) is 18.2. The number of ether oxygens (including phenoxy) is 1. The number of aliphatic hydroxyl groups excluding tert-OH is 1. The third-order valence-electron chi connectivity index (χ3n) is 6.08. The minimum absolute atomic E-state index is 0.0638. The zero-order chi connectivity index (χ0) is 22.9. The van der Waals surface area contributed by atoms with E-state index in [1.54, 1.807) is 43.1 Å². The molecule has 8 nitrogen and oxygen atoms in total. The van der Waals surface area contributed by atoms with Crippen LogP contribution < -0.4 is 4.74 Å². The Morgan fingerprint density at radius 2 is 2.06 bits per heavy atom. The van der Waals surface area contributed by atoms with Gasteiger partial charge in [-0.2, -0.15) is 0 Å². The number of aliphatic hydroxyl groups is 1. The normalized spacial score (nSPS) is 21.3. The van der Waals surface area contributed by atoms with Gasteiger partial charge in [0.25, 0.3) is 11.7 Å². The topological polar surface area (TPSA) is 97.6 Å². The number of aryl methyl sites for hydroxylation is 1. The summed E-state index contributed by atoms with van der Waals surface area (Å²) in [6.45, 7) is 3.00. The van der Waals surface area contributed by atoms with Crippen LogP contribution in [0.5, 0.6) is 5.75 Å². The van der Waals surface area contributed by atoms with Crippen molar-refractivity contribution in [3.8, 4) is 5.75 Å². The Kier molecular flexibility index (Phi) is 5.42. The predicted molar refractivity (Wildman–Crippen MR) is 120 cm³/mol. The van der Waals surface area contributed by atoms with Crippen LogP contribution >= 0.6 is 0 Å². The second-order valence-corrected chi connectivity index (χ2v) is 8.39. The van der Waals surface area contributed by atoms with Crippen LogP contribution in [0, 0.1) is 0 Å². The van der Waals surface area contributed by atoms with E-state index < -0.39 is 17.7 Å². The van der Waals surface area contributed by atoms with Crippen molar-refractivity contribution in [2.45, 2.75) is 38.5 Å². The fourth-order valence-electron chi connectivity index (χ4n) is 4.56. The number of imidazole rings is 1. The number of rotatable bonds is 6. The highest BCUT2D eigenvalue weighted by Crippen LogP contribution is 2.40. The minimum atomic E-state index is -0.704. The third-order valence-corrected chi connectivity index (χ3v) is 6.08. The summed E-state index contributed by atoms with van der Waals surface area (Å²) in [6.07, 6.45) is 9.95. The number of carbonyl (C=O) groups is 2. The lowest BCUT2D eigenvalue weighted by molar-refractivity contribution is -0.139. The highest BCUT2D eigenvalue weighted by atomic mass is 16.5. The van der Waals surface area contributed by atoms with Crippen molar-refractivity contribution in [2.75, 3.05) is 6.54 Å². The van der Waals surface area contributed by atoms with Gasteiger partial charge in [0.15, 0.2) is 0 Å². The molecule has 1 saturated heterocycles. The summed E-state index contributed by atoms with van der Waals surface area (Å²) >= 11 is 0. The lowest BCUT2D eigenvalue weighted by atomic mass is 9.95. The van der Waals surface area contributed by atoms with Gasteiger partial charge in [-0.25, -0.2) is 4.98 Å². The molecule has 0 bridgehead atoms. The Labute approximate surface area is 191 Å². The Bertz CT molecular complexity index is 1220. The third kappa shape index (κ3) is 3.88. The van der Waals surface area contributed by atoms with Gasteiger partial charge in [-0.3, -0.25) is 14.6 Å². The van der Waals surface area contributed by atoms with Crippen LogP contribution in [0.1, 0.15) is 36.1 Å². The number of amides is 1. The first kappa shape index (κ1) is 20.9. The molecule has 1 N–H and O–H groups in total. The fraction of sp³-hybridized carbons (Fsp3) is 0.280. The number of benzene rings is 1. The van der Waals surface area contributed by atoms with E-state index in [0.717, 1.165) is 17.7 Å². The van der Waals surface area contributed by atoms with E-state index in [-0.39, 0.29) is 17.4 Å². The first-order valence-corrected chi connectivity index (χ1v) is 11.0. The molecule has 0 aliphatic carbocycles. The van der Waals surface area contributed by atoms with Crippen molar-refractivity contribution >= 4 is 17.4 Å². The molecule has 33 heavy (non-hydrogen) atoms. The summed E-state index contributed by atoms with van der Waals surface area (Å²) in [5, 5.41) is 11.2. The number of ketones is 1. The molecule has 0 spiro atoms. The number of nitrogens with zero attached hydrogens (tertiary/aromatic N) is 4. The standard InChI is InChI=1S/C25H24N4O4/c1-16-12-19-13-17(5-6-20(19)33-16)23(30)21-22(18-4-2-7-26-14-18)29(25(32)24(21)31)10-3-9-28-11-8-27-15-28/h2,4-8,11,13-16,22,30H,3,9-10,12H2,1H3/b23-21+/t16-,22-/m1/s1. The van der Waals surface area contributed by atoms with Gasteiger partial charge >= 0.3 is 0 Å². The van der Waals surface area contributed by atoms with E-state index in [1.807, 2.05) is 29.8 Å². The number of hydrogen-bond acceptors (Lipinski definition) is 6. The maximum atomic E-state index is 13.1. The van der Waals surface area contributed by atoms with E-state index in [1.165, 1.54) is 4.90 Å². The largest absolute Gasteiger partial charge is 0.507 e. The number of hydrogen-bond donors (Lipinski definition) is 1. The van der Waals surface area contributed by atoms with Gasteiger partial charge in [-0.15, -0.1) is 0 Å². The maximum absolute atomic E-state index is 13.1. The van der Waals surface area contributed by atoms with Crippen LogP contribution in [-0.2, 0) is 22.6 Å². The highest BCUT2D eigenvalue weighted by molar-refractivity contribution is 6.46. The number of pyridine rings is 1. The number of Topliss-reactive ketones (excluding diaryl/α,β-unsaturated/α-hetero) is 1. The molecule has 8 heteroatoms. The van der Waals surface area contributed by atoms with E-state index >= 15 is 0 Å². The zero-order valence-electron chi connectivity index (χ0n) is 18.2. The molecule has 2 aliphatic heterocycles.